The van der Waals surface area contributed by atoms with Gasteiger partial charge in [-0.2, -0.15) is 13.2 Å². The molecule has 1 heterocycles. The molecule has 3 rings (SSSR count). The number of carbonyl (C=O) groups is 2. The van der Waals surface area contributed by atoms with Crippen LogP contribution in [0.5, 0.6) is 0 Å². The van der Waals surface area contributed by atoms with Gasteiger partial charge in [-0.3, -0.25) is 14.5 Å². The molecule has 0 saturated carbocycles. The van der Waals surface area contributed by atoms with E-state index in [1.807, 2.05) is 0 Å². The lowest BCUT2D eigenvalue weighted by Crippen LogP contribution is -2.31. The minimum Gasteiger partial charge on any atom is -0.274 e. The number of hydrogen-bond acceptors (Lipinski definition) is 3. The summed E-state index contributed by atoms with van der Waals surface area (Å²) in [7, 11) is 0. The number of benzene rings is 2. The van der Waals surface area contributed by atoms with Gasteiger partial charge in [0, 0.05) is 17.0 Å². The van der Waals surface area contributed by atoms with Crippen molar-refractivity contribution in [3.05, 3.63) is 76.2 Å². The second kappa shape index (κ2) is 7.60. The minimum atomic E-state index is -4.47. The van der Waals surface area contributed by atoms with E-state index in [2.05, 4.69) is 0 Å². The summed E-state index contributed by atoms with van der Waals surface area (Å²) in [5.41, 5.74) is -0.138. The van der Waals surface area contributed by atoms with Crippen molar-refractivity contribution in [2.45, 2.75) is 24.4 Å². The maximum Gasteiger partial charge on any atom is 0.413 e. The van der Waals surface area contributed by atoms with Crippen LogP contribution in [0.3, 0.4) is 0 Å². The number of nitrogens with zero attached hydrogens (tertiary/aromatic N) is 1. The fraction of sp³-hybridized carbons (Fsp3) is 0.200. The van der Waals surface area contributed by atoms with Gasteiger partial charge in [-0.25, -0.2) is 0 Å². The molecule has 0 bridgehead atoms. The van der Waals surface area contributed by atoms with Crippen molar-refractivity contribution in [1.29, 1.82) is 0 Å². The van der Waals surface area contributed by atoms with Crippen LogP contribution in [0, 0.1) is 0 Å². The van der Waals surface area contributed by atoms with Crippen molar-refractivity contribution in [2.75, 3.05) is 6.54 Å². The van der Waals surface area contributed by atoms with Gasteiger partial charge < -0.3 is 0 Å². The highest BCUT2D eigenvalue weighted by atomic mass is 32.2. The number of allylic oxidation sites excluding steroid dienone is 1. The molecule has 1 aliphatic heterocycles. The fourth-order valence-electron chi connectivity index (χ4n) is 2.76. The number of alkyl halides is 3. The zero-order valence-electron chi connectivity index (χ0n) is 14.4. The summed E-state index contributed by atoms with van der Waals surface area (Å²) in [6.45, 7) is 0.919. The quantitative estimate of drug-likeness (QED) is 0.513. The smallest absolute Gasteiger partial charge is 0.274 e. The maximum absolute atomic E-state index is 13.3. The number of fused-ring (bicyclic) bond motifs is 1. The van der Waals surface area contributed by atoms with Crippen LogP contribution in [0.25, 0.3) is 0 Å². The maximum atomic E-state index is 13.3. The number of hydrogen-bond donors (Lipinski definition) is 0. The van der Waals surface area contributed by atoms with Crippen molar-refractivity contribution >= 4 is 23.6 Å². The largest absolute Gasteiger partial charge is 0.413 e. The van der Waals surface area contributed by atoms with Gasteiger partial charge in [0.1, 0.15) is 0 Å². The zero-order chi connectivity index (χ0) is 19.6. The summed E-state index contributed by atoms with van der Waals surface area (Å²) in [5.74, 6) is -0.936. The standard InChI is InChI=1S/C20H16F3NO2S/c1-13(20(21,22)23)17(27-14-7-3-2-4-8-14)11-12-24-18(25)15-9-5-6-10-16(15)19(24)26/h2-10H,11-12H2,1H3/b17-13+. The number of imide groups is 1. The molecule has 0 unspecified atom stereocenters. The number of rotatable bonds is 5. The average molecular weight is 391 g/mol. The Kier molecular flexibility index (Phi) is 5.41. The molecule has 2 aromatic rings. The van der Waals surface area contributed by atoms with Crippen molar-refractivity contribution in [3.8, 4) is 0 Å². The van der Waals surface area contributed by atoms with Crippen LogP contribution in [0.1, 0.15) is 34.1 Å². The molecule has 140 valence electrons. The van der Waals surface area contributed by atoms with E-state index in [1.165, 1.54) is 0 Å². The molecule has 2 aromatic carbocycles. The minimum absolute atomic E-state index is 0.0592. The summed E-state index contributed by atoms with van der Waals surface area (Å²) >= 11 is 1.00. The van der Waals surface area contributed by atoms with Crippen molar-refractivity contribution < 1.29 is 22.8 Å². The summed E-state index contributed by atoms with van der Waals surface area (Å²) < 4.78 is 39.8. The van der Waals surface area contributed by atoms with Crippen LogP contribution in [0.2, 0.25) is 0 Å². The van der Waals surface area contributed by atoms with Crippen LogP contribution in [-0.4, -0.2) is 29.4 Å². The fourth-order valence-corrected chi connectivity index (χ4v) is 3.80. The van der Waals surface area contributed by atoms with E-state index in [-0.39, 0.29) is 29.0 Å². The molecular weight excluding hydrogens is 375 g/mol. The van der Waals surface area contributed by atoms with Crippen LogP contribution >= 0.6 is 11.8 Å². The van der Waals surface area contributed by atoms with Crippen LogP contribution < -0.4 is 0 Å². The highest BCUT2D eigenvalue weighted by molar-refractivity contribution is 8.03. The molecule has 0 saturated heterocycles. The van der Waals surface area contributed by atoms with Crippen LogP contribution in [0.4, 0.5) is 13.2 Å². The zero-order valence-corrected chi connectivity index (χ0v) is 15.2. The van der Waals surface area contributed by atoms with Crippen LogP contribution in [0.15, 0.2) is 70.0 Å². The van der Waals surface area contributed by atoms with Crippen LogP contribution in [-0.2, 0) is 0 Å². The first-order valence-electron chi connectivity index (χ1n) is 8.24. The first-order valence-corrected chi connectivity index (χ1v) is 9.05. The number of thioether (sulfide) groups is 1. The van der Waals surface area contributed by atoms with Gasteiger partial charge in [0.25, 0.3) is 11.8 Å². The van der Waals surface area contributed by atoms with Gasteiger partial charge in [-0.1, -0.05) is 42.1 Å². The van der Waals surface area contributed by atoms with Gasteiger partial charge in [-0.15, -0.1) is 0 Å². The molecule has 0 atom stereocenters. The predicted octanol–water partition coefficient (Wildman–Crippen LogP) is 5.30. The second-order valence-corrected chi connectivity index (χ2v) is 7.19. The highest BCUT2D eigenvalue weighted by Crippen LogP contribution is 2.38. The Morgan fingerprint density at radius 1 is 0.926 bits per heavy atom. The van der Waals surface area contributed by atoms with E-state index in [1.54, 1.807) is 54.6 Å². The van der Waals surface area contributed by atoms with E-state index in [9.17, 15) is 22.8 Å². The van der Waals surface area contributed by atoms with E-state index >= 15 is 0 Å². The molecule has 0 radical (unpaired) electrons. The van der Waals surface area contributed by atoms with Gasteiger partial charge in [0.15, 0.2) is 0 Å². The van der Waals surface area contributed by atoms with E-state index in [4.69, 9.17) is 0 Å². The normalized spacial score (nSPS) is 15.0. The Labute approximate surface area is 158 Å². The average Bonchev–Trinajstić information content (AvgIpc) is 2.89. The first kappa shape index (κ1) is 19.2. The first-order chi connectivity index (χ1) is 12.8. The monoisotopic (exact) mass is 391 g/mol. The number of carbonyl (C=O) groups excluding carboxylic acids is 2. The third-order valence-electron chi connectivity index (χ3n) is 4.27. The SMILES string of the molecule is C/C(=C(/CCN1C(=O)c2ccccc2C1=O)Sc1ccccc1)C(F)(F)F. The molecule has 0 aliphatic carbocycles. The molecule has 0 fully saturated rings. The third-order valence-corrected chi connectivity index (χ3v) is 5.53. The van der Waals surface area contributed by atoms with E-state index in [0.29, 0.717) is 4.90 Å². The summed E-state index contributed by atoms with van der Waals surface area (Å²) in [6.07, 6.45) is -4.53. The number of amides is 2. The number of halogens is 3. The lowest BCUT2D eigenvalue weighted by Gasteiger charge is -2.18. The van der Waals surface area contributed by atoms with Gasteiger partial charge in [0.2, 0.25) is 0 Å². The molecule has 0 N–H and O–H groups in total. The third kappa shape index (κ3) is 4.08. The molecule has 27 heavy (non-hydrogen) atoms. The van der Waals surface area contributed by atoms with E-state index < -0.39 is 23.6 Å². The topological polar surface area (TPSA) is 37.4 Å². The van der Waals surface area contributed by atoms with Gasteiger partial charge in [-0.05, 0) is 42.5 Å². The predicted molar refractivity (Wildman–Crippen MR) is 97.5 cm³/mol. The molecule has 0 spiro atoms. The van der Waals surface area contributed by atoms with E-state index in [0.717, 1.165) is 23.6 Å². The van der Waals surface area contributed by atoms with Gasteiger partial charge >= 0.3 is 6.18 Å². The van der Waals surface area contributed by atoms with Crippen molar-refractivity contribution in [1.82, 2.24) is 4.90 Å². The molecule has 2 amide bonds. The Bertz CT molecular complexity index is 872. The van der Waals surface area contributed by atoms with Crippen molar-refractivity contribution in [3.63, 3.8) is 0 Å². The summed E-state index contributed by atoms with van der Waals surface area (Å²) in [4.78, 5) is 26.6. The molecule has 1 aliphatic rings. The highest BCUT2D eigenvalue weighted by Gasteiger charge is 2.36. The molecule has 7 heteroatoms. The molecular formula is C20H16F3NO2S. The Hall–Kier alpha value is -2.54. The molecule has 3 nitrogen and oxygen atoms in total. The van der Waals surface area contributed by atoms with Crippen molar-refractivity contribution in [2.24, 2.45) is 0 Å². The summed E-state index contributed by atoms with van der Waals surface area (Å²) in [5, 5.41) is 0. The summed E-state index contributed by atoms with van der Waals surface area (Å²) in [6, 6.07) is 15.1. The Balaban J connectivity index is 1.82. The second-order valence-electron chi connectivity index (χ2n) is 6.02. The molecule has 0 aromatic heterocycles. The Morgan fingerprint density at radius 3 is 1.96 bits per heavy atom. The lowest BCUT2D eigenvalue weighted by molar-refractivity contribution is -0.0918. The lowest BCUT2D eigenvalue weighted by atomic mass is 10.1. The van der Waals surface area contributed by atoms with Gasteiger partial charge in [0.05, 0.1) is 11.1 Å². The Morgan fingerprint density at radius 2 is 1.44 bits per heavy atom.